The lowest BCUT2D eigenvalue weighted by Crippen LogP contribution is -2.36. The van der Waals surface area contributed by atoms with Crippen molar-refractivity contribution < 1.29 is 4.84 Å². The fourth-order valence-electron chi connectivity index (χ4n) is 1.62. The first-order valence-electron chi connectivity index (χ1n) is 5.66. The van der Waals surface area contributed by atoms with Gasteiger partial charge in [-0.3, -0.25) is 4.84 Å². The van der Waals surface area contributed by atoms with Gasteiger partial charge in [0, 0.05) is 17.1 Å². The predicted molar refractivity (Wildman–Crippen MR) is 68.4 cm³/mol. The summed E-state index contributed by atoms with van der Waals surface area (Å²) in [6, 6.07) is 8.51. The highest BCUT2D eigenvalue weighted by Gasteiger charge is 2.13. The average Bonchev–Trinajstić information content (AvgIpc) is 2.20. The average molecular weight is 242 g/mol. The van der Waals surface area contributed by atoms with Crippen LogP contribution in [0.1, 0.15) is 33.3 Å². The van der Waals surface area contributed by atoms with Crippen molar-refractivity contribution in [2.45, 2.75) is 46.4 Å². The van der Waals surface area contributed by atoms with Crippen LogP contribution in [0.25, 0.3) is 0 Å². The van der Waals surface area contributed by atoms with Crippen molar-refractivity contribution in [2.24, 2.45) is 0 Å². The van der Waals surface area contributed by atoms with Gasteiger partial charge in [0.1, 0.15) is 0 Å². The van der Waals surface area contributed by atoms with Crippen molar-refractivity contribution in [1.29, 1.82) is 0 Å². The van der Waals surface area contributed by atoms with Gasteiger partial charge in [0.15, 0.2) is 0 Å². The summed E-state index contributed by atoms with van der Waals surface area (Å²) >= 11 is 5.82. The van der Waals surface area contributed by atoms with Gasteiger partial charge in [-0.15, -0.1) is 0 Å². The second-order valence-corrected chi connectivity index (χ2v) is 4.88. The largest absolute Gasteiger partial charge is 0.294 e. The molecule has 2 nitrogen and oxygen atoms in total. The summed E-state index contributed by atoms with van der Waals surface area (Å²) in [6.45, 7) is 9.10. The zero-order valence-electron chi connectivity index (χ0n) is 10.4. The molecule has 0 bridgehead atoms. The molecule has 1 rings (SSSR count). The topological polar surface area (TPSA) is 12.5 Å². The summed E-state index contributed by atoms with van der Waals surface area (Å²) in [5, 5.41) is 2.77. The summed E-state index contributed by atoms with van der Waals surface area (Å²) in [4.78, 5) is 5.78. The Morgan fingerprint density at radius 2 is 1.56 bits per heavy atom. The van der Waals surface area contributed by atoms with Gasteiger partial charge in [0.2, 0.25) is 0 Å². The Hall–Kier alpha value is -0.570. The first kappa shape index (κ1) is 13.5. The molecule has 0 aliphatic carbocycles. The summed E-state index contributed by atoms with van der Waals surface area (Å²) < 4.78 is 0. The highest BCUT2D eigenvalue weighted by molar-refractivity contribution is 6.30. The smallest absolute Gasteiger partial charge is 0.0936 e. The van der Waals surface area contributed by atoms with E-state index in [1.165, 1.54) is 0 Å². The molecule has 1 aromatic carbocycles. The monoisotopic (exact) mass is 241 g/mol. The Morgan fingerprint density at radius 3 is 2.00 bits per heavy atom. The van der Waals surface area contributed by atoms with Crippen LogP contribution in [0.15, 0.2) is 24.3 Å². The van der Waals surface area contributed by atoms with Crippen LogP contribution in [-0.2, 0) is 11.4 Å². The van der Waals surface area contributed by atoms with Crippen molar-refractivity contribution in [2.75, 3.05) is 0 Å². The van der Waals surface area contributed by atoms with Crippen LogP contribution in [0.2, 0.25) is 5.02 Å². The molecular formula is C13H20ClNO. The van der Waals surface area contributed by atoms with Crippen LogP contribution >= 0.6 is 11.6 Å². The molecule has 0 aliphatic heterocycles. The normalized spacial score (nSPS) is 11.8. The molecule has 90 valence electrons. The van der Waals surface area contributed by atoms with E-state index in [1.54, 1.807) is 0 Å². The quantitative estimate of drug-likeness (QED) is 0.726. The van der Waals surface area contributed by atoms with Gasteiger partial charge in [0.25, 0.3) is 0 Å². The van der Waals surface area contributed by atoms with Crippen LogP contribution in [0.4, 0.5) is 0 Å². The third-order valence-electron chi connectivity index (χ3n) is 2.31. The van der Waals surface area contributed by atoms with Crippen molar-refractivity contribution in [3.05, 3.63) is 34.9 Å². The molecule has 0 saturated carbocycles. The molecule has 0 aliphatic rings. The minimum absolute atomic E-state index is 0.382. The molecule has 16 heavy (non-hydrogen) atoms. The van der Waals surface area contributed by atoms with Gasteiger partial charge in [-0.2, -0.15) is 5.06 Å². The highest BCUT2D eigenvalue weighted by Crippen LogP contribution is 2.13. The van der Waals surface area contributed by atoms with Gasteiger partial charge in [0.05, 0.1) is 6.61 Å². The second-order valence-electron chi connectivity index (χ2n) is 4.45. The third-order valence-corrected chi connectivity index (χ3v) is 2.56. The van der Waals surface area contributed by atoms with Crippen molar-refractivity contribution in [3.63, 3.8) is 0 Å². The number of halogens is 1. The molecule has 1 aromatic rings. The van der Waals surface area contributed by atoms with E-state index in [0.29, 0.717) is 18.7 Å². The van der Waals surface area contributed by atoms with Gasteiger partial charge in [-0.1, -0.05) is 23.7 Å². The molecule has 3 heteroatoms. The maximum atomic E-state index is 5.82. The van der Waals surface area contributed by atoms with E-state index in [0.717, 1.165) is 10.6 Å². The van der Waals surface area contributed by atoms with Gasteiger partial charge in [-0.05, 0) is 45.4 Å². The Kier molecular flexibility index (Phi) is 5.26. The summed E-state index contributed by atoms with van der Waals surface area (Å²) in [7, 11) is 0. The van der Waals surface area contributed by atoms with Crippen molar-refractivity contribution >= 4 is 11.6 Å². The van der Waals surface area contributed by atoms with E-state index in [2.05, 4.69) is 27.7 Å². The number of hydroxylamine groups is 2. The standard InChI is InChI=1S/C13H20ClNO/c1-10(2)15(11(3)4)16-9-12-5-7-13(14)8-6-12/h5-8,10-11H,9H2,1-4H3. The zero-order valence-corrected chi connectivity index (χ0v) is 11.2. The maximum absolute atomic E-state index is 5.82. The lowest BCUT2D eigenvalue weighted by atomic mass is 10.2. The molecule has 0 aromatic heterocycles. The molecule has 0 N–H and O–H groups in total. The fraction of sp³-hybridized carbons (Fsp3) is 0.538. The Morgan fingerprint density at radius 1 is 1.06 bits per heavy atom. The molecule has 0 heterocycles. The summed E-state index contributed by atoms with van der Waals surface area (Å²) in [5.74, 6) is 0. The van der Waals surface area contributed by atoms with E-state index in [9.17, 15) is 0 Å². The van der Waals surface area contributed by atoms with Crippen LogP contribution in [0.5, 0.6) is 0 Å². The molecule has 0 atom stereocenters. The zero-order chi connectivity index (χ0) is 12.1. The number of hydrogen-bond acceptors (Lipinski definition) is 2. The second kappa shape index (κ2) is 6.24. The molecular weight excluding hydrogens is 222 g/mol. The van der Waals surface area contributed by atoms with Gasteiger partial charge in [-0.25, -0.2) is 0 Å². The predicted octanol–water partition coefficient (Wildman–Crippen LogP) is 3.89. The maximum Gasteiger partial charge on any atom is 0.0936 e. The van der Waals surface area contributed by atoms with Crippen LogP contribution in [0.3, 0.4) is 0 Å². The lowest BCUT2D eigenvalue weighted by Gasteiger charge is -2.29. The summed E-state index contributed by atoms with van der Waals surface area (Å²) in [6.07, 6.45) is 0. The first-order chi connectivity index (χ1) is 7.50. The Balaban J connectivity index is 2.52. The number of hydrogen-bond donors (Lipinski definition) is 0. The minimum Gasteiger partial charge on any atom is -0.294 e. The van der Waals surface area contributed by atoms with E-state index >= 15 is 0 Å². The highest BCUT2D eigenvalue weighted by atomic mass is 35.5. The van der Waals surface area contributed by atoms with Gasteiger partial charge < -0.3 is 0 Å². The third kappa shape index (κ3) is 4.12. The molecule has 0 radical (unpaired) electrons. The minimum atomic E-state index is 0.382. The number of rotatable bonds is 5. The number of nitrogens with zero attached hydrogens (tertiary/aromatic N) is 1. The van der Waals surface area contributed by atoms with Crippen molar-refractivity contribution in [1.82, 2.24) is 5.06 Å². The first-order valence-corrected chi connectivity index (χ1v) is 6.04. The summed E-state index contributed by atoms with van der Waals surface area (Å²) in [5.41, 5.74) is 1.13. The number of benzene rings is 1. The molecule has 0 fully saturated rings. The molecule has 0 saturated heterocycles. The van der Waals surface area contributed by atoms with Gasteiger partial charge >= 0.3 is 0 Å². The Bertz CT molecular complexity index is 300. The van der Waals surface area contributed by atoms with Crippen LogP contribution < -0.4 is 0 Å². The van der Waals surface area contributed by atoms with Crippen LogP contribution in [0, 0.1) is 0 Å². The molecule has 0 spiro atoms. The van der Waals surface area contributed by atoms with E-state index in [1.807, 2.05) is 29.3 Å². The van der Waals surface area contributed by atoms with E-state index in [-0.39, 0.29) is 0 Å². The fourth-order valence-corrected chi connectivity index (χ4v) is 1.75. The Labute approximate surface area is 103 Å². The van der Waals surface area contributed by atoms with Crippen LogP contribution in [-0.4, -0.2) is 17.1 Å². The molecule has 0 unspecified atom stereocenters. The lowest BCUT2D eigenvalue weighted by molar-refractivity contribution is -0.208. The van der Waals surface area contributed by atoms with Crippen molar-refractivity contribution in [3.8, 4) is 0 Å². The van der Waals surface area contributed by atoms with E-state index < -0.39 is 0 Å². The molecule has 0 amide bonds. The SMILES string of the molecule is CC(C)N(OCc1ccc(Cl)cc1)C(C)C. The van der Waals surface area contributed by atoms with E-state index in [4.69, 9.17) is 16.4 Å².